The number of tetrazole rings is 1. The highest BCUT2D eigenvalue weighted by Crippen LogP contribution is 2.35. The molecule has 8 nitrogen and oxygen atoms in total. The number of anilines is 1. The molecule has 1 aliphatic rings. The Hall–Kier alpha value is -3.03. The van der Waals surface area contributed by atoms with Gasteiger partial charge in [-0.3, -0.25) is 9.59 Å². The number of aromatic nitrogens is 4. The molecule has 3 rings (SSSR count). The van der Waals surface area contributed by atoms with Crippen LogP contribution in [0.15, 0.2) is 35.7 Å². The second-order valence-corrected chi connectivity index (χ2v) is 6.77. The minimum absolute atomic E-state index is 0.265. The van der Waals surface area contributed by atoms with Gasteiger partial charge in [-0.05, 0) is 67.8 Å². The third kappa shape index (κ3) is 3.49. The average Bonchev–Trinajstić information content (AvgIpc) is 3.11. The van der Waals surface area contributed by atoms with Gasteiger partial charge in [-0.1, -0.05) is 11.1 Å². The summed E-state index contributed by atoms with van der Waals surface area (Å²) in [5.41, 5.74) is 4.47. The van der Waals surface area contributed by atoms with Crippen LogP contribution in [0.2, 0.25) is 0 Å². The Bertz CT molecular complexity index is 873. The van der Waals surface area contributed by atoms with Crippen molar-refractivity contribution in [2.75, 3.05) is 5.32 Å². The van der Waals surface area contributed by atoms with Crippen LogP contribution in [-0.4, -0.2) is 37.2 Å². The summed E-state index contributed by atoms with van der Waals surface area (Å²) in [6, 6.07) is 5.39. The summed E-state index contributed by atoms with van der Waals surface area (Å²) in [7, 11) is 0. The van der Waals surface area contributed by atoms with Crippen molar-refractivity contribution in [1.82, 2.24) is 20.2 Å². The van der Waals surface area contributed by atoms with Gasteiger partial charge >= 0.3 is 5.97 Å². The summed E-state index contributed by atoms with van der Waals surface area (Å²) < 4.78 is 1.54. The molecule has 136 valence electrons. The minimum atomic E-state index is -0.929. The number of carbonyl (C=O) groups is 2. The number of hydrogen-bond acceptors (Lipinski definition) is 5. The number of rotatable bonds is 4. The number of nitrogens with zero attached hydrogens (tertiary/aromatic N) is 4. The first-order valence-corrected chi connectivity index (χ1v) is 8.39. The molecule has 1 heterocycles. The molecule has 2 aromatic rings. The molecule has 0 spiro atoms. The summed E-state index contributed by atoms with van der Waals surface area (Å²) >= 11 is 0. The second kappa shape index (κ2) is 7.07. The molecule has 0 saturated carbocycles. The number of allylic oxidation sites excluding steroid dienone is 2. The number of hydrogen-bond donors (Lipinski definition) is 2. The molecular weight excluding hydrogens is 334 g/mol. The number of benzene rings is 1. The van der Waals surface area contributed by atoms with Crippen LogP contribution in [-0.2, 0) is 9.59 Å². The number of nitrogens with one attached hydrogen (secondary N) is 1. The molecule has 1 aromatic heterocycles. The first-order chi connectivity index (χ1) is 12.4. The molecule has 1 amide bonds. The van der Waals surface area contributed by atoms with Crippen LogP contribution in [0.5, 0.6) is 0 Å². The zero-order chi connectivity index (χ0) is 18.8. The fourth-order valence-corrected chi connectivity index (χ4v) is 3.32. The van der Waals surface area contributed by atoms with Crippen LogP contribution in [0.1, 0.15) is 32.3 Å². The van der Waals surface area contributed by atoms with Gasteiger partial charge in [-0.15, -0.1) is 5.10 Å². The molecule has 0 fully saturated rings. The highest BCUT2D eigenvalue weighted by Gasteiger charge is 2.37. The van der Waals surface area contributed by atoms with E-state index in [9.17, 15) is 14.7 Å². The predicted octanol–water partition coefficient (Wildman–Crippen LogP) is 2.36. The van der Waals surface area contributed by atoms with Crippen molar-refractivity contribution in [3.63, 3.8) is 0 Å². The highest BCUT2D eigenvalue weighted by atomic mass is 16.4. The normalized spacial score (nSPS) is 20.1. The lowest BCUT2D eigenvalue weighted by Crippen LogP contribution is -2.36. The lowest BCUT2D eigenvalue weighted by molar-refractivity contribution is -0.146. The Labute approximate surface area is 150 Å². The maximum atomic E-state index is 12.7. The monoisotopic (exact) mass is 355 g/mol. The summed E-state index contributed by atoms with van der Waals surface area (Å²) in [5, 5.41) is 23.4. The van der Waals surface area contributed by atoms with Crippen molar-refractivity contribution in [2.24, 2.45) is 11.8 Å². The number of carboxylic acid groups (broad SMARTS) is 1. The van der Waals surface area contributed by atoms with Gasteiger partial charge in [0.05, 0.1) is 17.5 Å². The summed E-state index contributed by atoms with van der Waals surface area (Å²) in [4.78, 5) is 24.3. The van der Waals surface area contributed by atoms with Crippen molar-refractivity contribution in [3.05, 3.63) is 41.2 Å². The van der Waals surface area contributed by atoms with Crippen molar-refractivity contribution >= 4 is 17.6 Å². The van der Waals surface area contributed by atoms with Gasteiger partial charge in [-0.25, -0.2) is 4.68 Å². The number of aliphatic carboxylic acids is 1. The van der Waals surface area contributed by atoms with E-state index in [1.54, 1.807) is 10.7 Å². The zero-order valence-electron chi connectivity index (χ0n) is 14.9. The van der Waals surface area contributed by atoms with Gasteiger partial charge in [0.1, 0.15) is 6.33 Å². The lowest BCUT2D eigenvalue weighted by atomic mass is 9.76. The van der Waals surface area contributed by atoms with Crippen LogP contribution in [0.3, 0.4) is 0 Å². The smallest absolute Gasteiger partial charge is 0.307 e. The Kier molecular flexibility index (Phi) is 4.83. The van der Waals surface area contributed by atoms with Gasteiger partial charge in [0.2, 0.25) is 5.91 Å². The molecule has 0 bridgehead atoms. The molecule has 2 unspecified atom stereocenters. The van der Waals surface area contributed by atoms with Crippen LogP contribution in [0, 0.1) is 18.8 Å². The van der Waals surface area contributed by atoms with E-state index in [1.165, 1.54) is 6.33 Å². The Balaban J connectivity index is 1.79. The van der Waals surface area contributed by atoms with Crippen molar-refractivity contribution in [2.45, 2.75) is 33.6 Å². The van der Waals surface area contributed by atoms with Gasteiger partial charge < -0.3 is 10.4 Å². The molecule has 8 heteroatoms. The molecule has 0 aliphatic heterocycles. The van der Waals surface area contributed by atoms with Gasteiger partial charge in [0.15, 0.2) is 0 Å². The molecule has 0 saturated heterocycles. The van der Waals surface area contributed by atoms with E-state index in [4.69, 9.17) is 0 Å². The Morgan fingerprint density at radius 3 is 2.42 bits per heavy atom. The largest absolute Gasteiger partial charge is 0.481 e. The van der Waals surface area contributed by atoms with Crippen LogP contribution >= 0.6 is 0 Å². The highest BCUT2D eigenvalue weighted by molar-refractivity contribution is 5.95. The van der Waals surface area contributed by atoms with E-state index >= 15 is 0 Å². The molecule has 26 heavy (non-hydrogen) atoms. The molecule has 1 aliphatic carbocycles. The van der Waals surface area contributed by atoms with Gasteiger partial charge in [-0.2, -0.15) is 0 Å². The van der Waals surface area contributed by atoms with Crippen LogP contribution in [0.4, 0.5) is 5.69 Å². The molecular formula is C18H21N5O3. The lowest BCUT2D eigenvalue weighted by Gasteiger charge is -2.29. The maximum Gasteiger partial charge on any atom is 0.307 e. The first kappa shape index (κ1) is 17.8. The SMILES string of the molecule is CC1=C(C)CC(C(=O)Nc2ccc(-n3cnnn3)c(C)c2)C(C(=O)O)C1. The first-order valence-electron chi connectivity index (χ1n) is 8.39. The third-order valence-electron chi connectivity index (χ3n) is 4.98. The summed E-state index contributed by atoms with van der Waals surface area (Å²) in [5.74, 6) is -2.46. The van der Waals surface area contributed by atoms with E-state index in [1.807, 2.05) is 32.9 Å². The predicted molar refractivity (Wildman–Crippen MR) is 94.7 cm³/mol. The van der Waals surface area contributed by atoms with E-state index in [2.05, 4.69) is 20.8 Å². The van der Waals surface area contributed by atoms with Gasteiger partial charge in [0, 0.05) is 5.69 Å². The summed E-state index contributed by atoms with van der Waals surface area (Å²) in [6.45, 7) is 5.78. The van der Waals surface area contributed by atoms with Crippen molar-refractivity contribution in [1.29, 1.82) is 0 Å². The van der Waals surface area contributed by atoms with E-state index in [-0.39, 0.29) is 5.91 Å². The molecule has 1 aromatic carbocycles. The standard InChI is InChI=1S/C18H21N5O3/c1-10-7-14(15(18(25)26)8-11(10)2)17(24)20-13-4-5-16(12(3)6-13)23-9-19-21-22-23/h4-6,9,14-15H,7-8H2,1-3H3,(H,20,24)(H,25,26). The van der Waals surface area contributed by atoms with Crippen molar-refractivity contribution in [3.8, 4) is 5.69 Å². The Morgan fingerprint density at radius 1 is 1.15 bits per heavy atom. The molecule has 0 radical (unpaired) electrons. The quantitative estimate of drug-likeness (QED) is 0.815. The van der Waals surface area contributed by atoms with E-state index < -0.39 is 17.8 Å². The molecule has 2 N–H and O–H groups in total. The van der Waals surface area contributed by atoms with Crippen molar-refractivity contribution < 1.29 is 14.7 Å². The average molecular weight is 355 g/mol. The fraction of sp³-hybridized carbons (Fsp3) is 0.389. The number of carboxylic acids is 1. The maximum absolute atomic E-state index is 12.7. The van der Waals surface area contributed by atoms with E-state index in [0.29, 0.717) is 18.5 Å². The number of carbonyl (C=O) groups excluding carboxylic acids is 1. The fourth-order valence-electron chi connectivity index (χ4n) is 3.32. The van der Waals surface area contributed by atoms with Gasteiger partial charge in [0.25, 0.3) is 0 Å². The zero-order valence-corrected chi connectivity index (χ0v) is 14.9. The molecule has 2 atom stereocenters. The van der Waals surface area contributed by atoms with Crippen LogP contribution < -0.4 is 5.32 Å². The Morgan fingerprint density at radius 2 is 1.85 bits per heavy atom. The van der Waals surface area contributed by atoms with E-state index in [0.717, 1.165) is 22.4 Å². The minimum Gasteiger partial charge on any atom is -0.481 e. The topological polar surface area (TPSA) is 110 Å². The summed E-state index contributed by atoms with van der Waals surface area (Å²) in [6.07, 6.45) is 2.38. The third-order valence-corrected chi connectivity index (χ3v) is 4.98. The number of aryl methyl sites for hydroxylation is 1. The number of amides is 1. The van der Waals surface area contributed by atoms with Crippen LogP contribution in [0.25, 0.3) is 5.69 Å². The second-order valence-electron chi connectivity index (χ2n) is 6.77.